The minimum atomic E-state index is -4.43. The normalized spacial score (nSPS) is 11.6. The van der Waals surface area contributed by atoms with E-state index in [9.17, 15) is 18.0 Å². The maximum Gasteiger partial charge on any atom is 0.416 e. The van der Waals surface area contributed by atoms with Crippen LogP contribution >= 0.6 is 0 Å². The van der Waals surface area contributed by atoms with E-state index in [-0.39, 0.29) is 22.6 Å². The average molecular weight is 271 g/mol. The van der Waals surface area contributed by atoms with Crippen LogP contribution in [0.2, 0.25) is 0 Å². The second-order valence-electron chi connectivity index (χ2n) is 3.72. The zero-order chi connectivity index (χ0) is 14.0. The van der Waals surface area contributed by atoms with Crippen LogP contribution < -0.4 is 0 Å². The Morgan fingerprint density at radius 1 is 1.26 bits per heavy atom. The summed E-state index contributed by atoms with van der Waals surface area (Å²) >= 11 is 0. The molecule has 4 nitrogen and oxygen atoms in total. The molecule has 2 aromatic rings. The fourth-order valence-corrected chi connectivity index (χ4v) is 1.58. The van der Waals surface area contributed by atoms with Crippen LogP contribution in [0.4, 0.5) is 13.2 Å². The second kappa shape index (κ2) is 4.85. The van der Waals surface area contributed by atoms with Crippen molar-refractivity contribution in [2.24, 2.45) is 0 Å². The highest BCUT2D eigenvalue weighted by Gasteiger charge is 2.30. The summed E-state index contributed by atoms with van der Waals surface area (Å²) in [6.07, 6.45) is -3.99. The summed E-state index contributed by atoms with van der Waals surface area (Å²) in [5, 5.41) is 12.4. The number of carbonyl (C=O) groups is 1. The van der Waals surface area contributed by atoms with Gasteiger partial charge in [0.15, 0.2) is 12.0 Å². The van der Waals surface area contributed by atoms with E-state index in [2.05, 4.69) is 5.16 Å². The number of carbonyl (C=O) groups excluding carboxylic acids is 1. The van der Waals surface area contributed by atoms with Gasteiger partial charge < -0.3 is 9.63 Å². The smallest absolute Gasteiger partial charge is 0.390 e. The molecule has 0 radical (unpaired) electrons. The van der Waals surface area contributed by atoms with Crippen molar-refractivity contribution in [2.75, 3.05) is 0 Å². The van der Waals surface area contributed by atoms with E-state index in [1.54, 1.807) is 0 Å². The second-order valence-corrected chi connectivity index (χ2v) is 3.72. The Balaban J connectivity index is 2.43. The number of aromatic nitrogens is 1. The molecule has 0 spiro atoms. The Kier molecular flexibility index (Phi) is 3.39. The van der Waals surface area contributed by atoms with Gasteiger partial charge in [-0.3, -0.25) is 4.79 Å². The van der Waals surface area contributed by atoms with Crippen LogP contribution in [0.1, 0.15) is 21.6 Å². The molecule has 1 heterocycles. The first-order chi connectivity index (χ1) is 8.97. The van der Waals surface area contributed by atoms with Crippen molar-refractivity contribution in [1.82, 2.24) is 5.16 Å². The van der Waals surface area contributed by atoms with Crippen LogP contribution in [-0.4, -0.2) is 16.5 Å². The number of nitrogens with zero attached hydrogens (tertiary/aromatic N) is 1. The number of rotatable bonds is 3. The molecule has 0 bridgehead atoms. The van der Waals surface area contributed by atoms with Crippen molar-refractivity contribution in [3.8, 4) is 11.3 Å². The number of hydrogen-bond acceptors (Lipinski definition) is 4. The van der Waals surface area contributed by atoms with E-state index < -0.39 is 18.3 Å². The van der Waals surface area contributed by atoms with Crippen molar-refractivity contribution in [1.29, 1.82) is 0 Å². The Bertz CT molecular complexity index is 587. The molecule has 1 aromatic carbocycles. The number of hydrogen-bond donors (Lipinski definition) is 1. The molecule has 1 aromatic heterocycles. The molecule has 0 aliphatic carbocycles. The van der Waals surface area contributed by atoms with Gasteiger partial charge in [-0.2, -0.15) is 13.2 Å². The number of aliphatic hydroxyl groups is 1. The largest absolute Gasteiger partial charge is 0.416 e. The van der Waals surface area contributed by atoms with Crippen LogP contribution in [-0.2, 0) is 12.8 Å². The standard InChI is InChI=1S/C12H8F3NO3/c13-12(14,15)8-3-1-7(2-4-8)11-9(5-17)10(6-18)16-19-11/h1-5,18H,6H2. The zero-order valence-corrected chi connectivity index (χ0v) is 9.44. The van der Waals surface area contributed by atoms with E-state index in [1.807, 2.05) is 0 Å². The summed E-state index contributed by atoms with van der Waals surface area (Å²) in [6, 6.07) is 4.12. The van der Waals surface area contributed by atoms with Crippen LogP contribution in [0, 0.1) is 0 Å². The Labute approximate surface area is 105 Å². The SMILES string of the molecule is O=Cc1c(CO)noc1-c1ccc(C(F)(F)F)cc1. The molecule has 0 atom stereocenters. The van der Waals surface area contributed by atoms with Gasteiger partial charge in [0.2, 0.25) is 0 Å². The highest BCUT2D eigenvalue weighted by atomic mass is 19.4. The summed E-state index contributed by atoms with van der Waals surface area (Å²) in [5.41, 5.74) is -0.444. The van der Waals surface area contributed by atoms with Gasteiger partial charge in [0, 0.05) is 5.56 Å². The fourth-order valence-electron chi connectivity index (χ4n) is 1.58. The number of halogens is 3. The van der Waals surface area contributed by atoms with Gasteiger partial charge in [0.1, 0.15) is 5.69 Å². The maximum absolute atomic E-state index is 12.4. The summed E-state index contributed by atoms with van der Waals surface area (Å²) in [6.45, 7) is -0.488. The molecule has 0 aliphatic rings. The topological polar surface area (TPSA) is 63.3 Å². The molecule has 0 saturated heterocycles. The zero-order valence-electron chi connectivity index (χ0n) is 9.44. The Morgan fingerprint density at radius 2 is 1.89 bits per heavy atom. The number of benzene rings is 1. The van der Waals surface area contributed by atoms with Crippen molar-refractivity contribution in [2.45, 2.75) is 12.8 Å². The summed E-state index contributed by atoms with van der Waals surface area (Å²) in [4.78, 5) is 10.9. The van der Waals surface area contributed by atoms with E-state index in [0.717, 1.165) is 12.1 Å². The van der Waals surface area contributed by atoms with E-state index in [0.29, 0.717) is 6.29 Å². The molecule has 0 aliphatic heterocycles. The highest BCUT2D eigenvalue weighted by molar-refractivity contribution is 5.86. The van der Waals surface area contributed by atoms with Gasteiger partial charge in [0.05, 0.1) is 17.7 Å². The minimum absolute atomic E-state index is 0.0299. The van der Waals surface area contributed by atoms with Gasteiger partial charge in [0.25, 0.3) is 0 Å². The van der Waals surface area contributed by atoms with Crippen molar-refractivity contribution in [3.63, 3.8) is 0 Å². The molecule has 100 valence electrons. The summed E-state index contributed by atoms with van der Waals surface area (Å²) in [7, 11) is 0. The van der Waals surface area contributed by atoms with Gasteiger partial charge in [-0.15, -0.1) is 0 Å². The first-order valence-corrected chi connectivity index (χ1v) is 5.19. The lowest BCUT2D eigenvalue weighted by molar-refractivity contribution is -0.137. The van der Waals surface area contributed by atoms with Gasteiger partial charge in [-0.25, -0.2) is 0 Å². The molecule has 7 heteroatoms. The lowest BCUT2D eigenvalue weighted by Gasteiger charge is -2.06. The third-order valence-electron chi connectivity index (χ3n) is 2.54. The Hall–Kier alpha value is -2.15. The van der Waals surface area contributed by atoms with Gasteiger partial charge in [-0.1, -0.05) is 17.3 Å². The van der Waals surface area contributed by atoms with Crippen molar-refractivity contribution in [3.05, 3.63) is 41.1 Å². The van der Waals surface area contributed by atoms with Gasteiger partial charge in [-0.05, 0) is 12.1 Å². The molecular formula is C12H8F3NO3. The molecule has 0 saturated carbocycles. The molecule has 0 unspecified atom stereocenters. The predicted molar refractivity (Wildman–Crippen MR) is 58.3 cm³/mol. The quantitative estimate of drug-likeness (QED) is 0.872. The van der Waals surface area contributed by atoms with Crippen LogP contribution in [0.3, 0.4) is 0 Å². The summed E-state index contributed by atoms with van der Waals surface area (Å²) < 4.78 is 42.1. The third kappa shape index (κ3) is 2.50. The van der Waals surface area contributed by atoms with Crippen molar-refractivity contribution >= 4 is 6.29 Å². The Morgan fingerprint density at radius 3 is 2.37 bits per heavy atom. The molecule has 19 heavy (non-hydrogen) atoms. The number of aldehydes is 1. The van der Waals surface area contributed by atoms with Crippen LogP contribution in [0.5, 0.6) is 0 Å². The van der Waals surface area contributed by atoms with Gasteiger partial charge >= 0.3 is 6.18 Å². The van der Waals surface area contributed by atoms with E-state index in [4.69, 9.17) is 9.63 Å². The molecule has 2 rings (SSSR count). The summed E-state index contributed by atoms with van der Waals surface area (Å²) in [5.74, 6) is 0.0350. The molecule has 0 amide bonds. The minimum Gasteiger partial charge on any atom is -0.390 e. The predicted octanol–water partition coefficient (Wildman–Crippen LogP) is 2.67. The first-order valence-electron chi connectivity index (χ1n) is 5.19. The fraction of sp³-hybridized carbons (Fsp3) is 0.167. The average Bonchev–Trinajstić information content (AvgIpc) is 2.80. The van der Waals surface area contributed by atoms with Crippen LogP contribution in [0.15, 0.2) is 28.8 Å². The molecular weight excluding hydrogens is 263 g/mol. The number of alkyl halides is 3. The maximum atomic E-state index is 12.4. The first kappa shape index (κ1) is 13.3. The van der Waals surface area contributed by atoms with Crippen molar-refractivity contribution < 1.29 is 27.6 Å². The van der Waals surface area contributed by atoms with E-state index in [1.165, 1.54) is 12.1 Å². The molecule has 0 fully saturated rings. The third-order valence-corrected chi connectivity index (χ3v) is 2.54. The highest BCUT2D eigenvalue weighted by Crippen LogP contribution is 2.32. The molecule has 1 N–H and O–H groups in total. The van der Waals surface area contributed by atoms with E-state index >= 15 is 0 Å². The monoisotopic (exact) mass is 271 g/mol. The lowest BCUT2D eigenvalue weighted by Crippen LogP contribution is -2.04. The van der Waals surface area contributed by atoms with Crippen LogP contribution in [0.25, 0.3) is 11.3 Å². The number of aliphatic hydroxyl groups excluding tert-OH is 1. The lowest BCUT2D eigenvalue weighted by atomic mass is 10.1.